The van der Waals surface area contributed by atoms with Gasteiger partial charge in [-0.05, 0) is 6.07 Å². The van der Waals surface area contributed by atoms with Crippen molar-refractivity contribution in [3.8, 4) is 0 Å². The van der Waals surface area contributed by atoms with E-state index in [9.17, 15) is 18.0 Å². The summed E-state index contributed by atoms with van der Waals surface area (Å²) >= 11 is 0. The number of aromatic nitrogens is 1. The van der Waals surface area contributed by atoms with E-state index in [4.69, 9.17) is 4.74 Å². The molecule has 0 bridgehead atoms. The zero-order chi connectivity index (χ0) is 13.2. The molecule has 0 radical (unpaired) electrons. The van der Waals surface area contributed by atoms with Gasteiger partial charge in [0.05, 0.1) is 24.8 Å². The molecule has 1 saturated heterocycles. The van der Waals surface area contributed by atoms with Gasteiger partial charge in [0.1, 0.15) is 0 Å². The van der Waals surface area contributed by atoms with Crippen LogP contribution >= 0.6 is 0 Å². The predicted molar refractivity (Wildman–Crippen MR) is 56.2 cm³/mol. The molecule has 1 fully saturated rings. The van der Waals surface area contributed by atoms with Gasteiger partial charge in [0, 0.05) is 24.5 Å². The van der Waals surface area contributed by atoms with E-state index >= 15 is 0 Å². The Labute approximate surface area is 101 Å². The van der Waals surface area contributed by atoms with E-state index in [1.54, 1.807) is 0 Å². The van der Waals surface area contributed by atoms with E-state index in [0.29, 0.717) is 13.2 Å². The Morgan fingerprint density at radius 2 is 2.28 bits per heavy atom. The van der Waals surface area contributed by atoms with Gasteiger partial charge in [-0.1, -0.05) is 0 Å². The first-order chi connectivity index (χ1) is 8.50. The Bertz CT molecular complexity index is 442. The van der Waals surface area contributed by atoms with Gasteiger partial charge in [-0.3, -0.25) is 9.78 Å². The van der Waals surface area contributed by atoms with Gasteiger partial charge in [0.25, 0.3) is 0 Å². The SMILES string of the molecule is O=C(c1cnccc1C(F)(F)F)C1COCCN1. The lowest BCUT2D eigenvalue weighted by Crippen LogP contribution is -2.46. The van der Waals surface area contributed by atoms with Gasteiger partial charge >= 0.3 is 6.18 Å². The van der Waals surface area contributed by atoms with E-state index < -0.39 is 29.1 Å². The molecule has 0 aromatic carbocycles. The summed E-state index contributed by atoms with van der Waals surface area (Å²) in [5, 5.41) is 2.83. The fourth-order valence-electron chi connectivity index (χ4n) is 1.76. The maximum Gasteiger partial charge on any atom is 0.417 e. The number of nitrogens with zero attached hydrogens (tertiary/aromatic N) is 1. The second-order valence-electron chi connectivity index (χ2n) is 3.86. The van der Waals surface area contributed by atoms with Crippen LogP contribution in [0.25, 0.3) is 0 Å². The first kappa shape index (κ1) is 13.0. The Balaban J connectivity index is 2.30. The van der Waals surface area contributed by atoms with E-state index in [1.807, 2.05) is 0 Å². The van der Waals surface area contributed by atoms with E-state index in [-0.39, 0.29) is 6.61 Å². The van der Waals surface area contributed by atoms with E-state index in [2.05, 4.69) is 10.3 Å². The van der Waals surface area contributed by atoms with Crippen molar-refractivity contribution in [3.05, 3.63) is 29.6 Å². The maximum atomic E-state index is 12.7. The average molecular weight is 260 g/mol. The zero-order valence-electron chi connectivity index (χ0n) is 9.33. The largest absolute Gasteiger partial charge is 0.417 e. The highest BCUT2D eigenvalue weighted by atomic mass is 19.4. The third-order valence-electron chi connectivity index (χ3n) is 2.63. The van der Waals surface area contributed by atoms with Crippen molar-refractivity contribution in [1.82, 2.24) is 10.3 Å². The van der Waals surface area contributed by atoms with Gasteiger partial charge in [-0.25, -0.2) is 0 Å². The molecule has 2 rings (SSSR count). The van der Waals surface area contributed by atoms with Gasteiger partial charge in [0.15, 0.2) is 5.78 Å². The minimum absolute atomic E-state index is 0.0744. The molecule has 1 N–H and O–H groups in total. The summed E-state index contributed by atoms with van der Waals surface area (Å²) in [5.74, 6) is -0.643. The van der Waals surface area contributed by atoms with Crippen molar-refractivity contribution in [1.29, 1.82) is 0 Å². The minimum atomic E-state index is -4.57. The summed E-state index contributed by atoms with van der Waals surface area (Å²) in [4.78, 5) is 15.6. The lowest BCUT2D eigenvalue weighted by atomic mass is 10.0. The minimum Gasteiger partial charge on any atom is -0.378 e. The third-order valence-corrected chi connectivity index (χ3v) is 2.63. The number of pyridine rings is 1. The summed E-state index contributed by atoms with van der Waals surface area (Å²) in [6, 6.07) is 0.0562. The van der Waals surface area contributed by atoms with Gasteiger partial charge in [-0.15, -0.1) is 0 Å². The first-order valence-electron chi connectivity index (χ1n) is 5.36. The zero-order valence-corrected chi connectivity index (χ0v) is 9.33. The number of alkyl halides is 3. The molecule has 1 aliphatic rings. The summed E-state index contributed by atoms with van der Waals surface area (Å²) in [7, 11) is 0. The van der Waals surface area contributed by atoms with Crippen LogP contribution in [0.3, 0.4) is 0 Å². The molecule has 18 heavy (non-hydrogen) atoms. The highest BCUT2D eigenvalue weighted by Crippen LogP contribution is 2.31. The molecule has 98 valence electrons. The van der Waals surface area contributed by atoms with Gasteiger partial charge in [-0.2, -0.15) is 13.2 Å². The number of nitrogens with one attached hydrogen (secondary N) is 1. The number of carbonyl (C=O) groups is 1. The average Bonchev–Trinajstić information content (AvgIpc) is 2.38. The summed E-state index contributed by atoms with van der Waals surface area (Å²) in [6.45, 7) is 0.964. The van der Waals surface area contributed by atoms with E-state index in [1.165, 1.54) is 0 Å². The number of ether oxygens (including phenoxy) is 1. The summed E-state index contributed by atoms with van der Waals surface area (Å²) < 4.78 is 43.3. The number of ketones is 1. The number of Topliss-reactive ketones (excluding diaryl/α,β-unsaturated/α-hetero) is 1. The van der Waals surface area contributed by atoms with Crippen molar-refractivity contribution in [2.75, 3.05) is 19.8 Å². The molecular weight excluding hydrogens is 249 g/mol. The Morgan fingerprint density at radius 1 is 1.50 bits per heavy atom. The highest BCUT2D eigenvalue weighted by Gasteiger charge is 2.37. The first-order valence-corrected chi connectivity index (χ1v) is 5.36. The molecule has 4 nitrogen and oxygen atoms in total. The molecule has 1 aliphatic heterocycles. The van der Waals surface area contributed by atoms with Crippen molar-refractivity contribution >= 4 is 5.78 Å². The fraction of sp³-hybridized carbons (Fsp3) is 0.455. The highest BCUT2D eigenvalue weighted by molar-refractivity contribution is 6.01. The lowest BCUT2D eigenvalue weighted by molar-refractivity contribution is -0.138. The Morgan fingerprint density at radius 3 is 2.89 bits per heavy atom. The molecule has 0 saturated carbocycles. The van der Waals surface area contributed by atoms with Crippen LogP contribution in [-0.2, 0) is 10.9 Å². The molecule has 1 aromatic heterocycles. The molecular formula is C11H11F3N2O2. The topological polar surface area (TPSA) is 51.2 Å². The van der Waals surface area contributed by atoms with Crippen molar-refractivity contribution < 1.29 is 22.7 Å². The summed E-state index contributed by atoms with van der Waals surface area (Å²) in [6.07, 6.45) is -2.60. The second kappa shape index (κ2) is 5.03. The van der Waals surface area contributed by atoms with Crippen LogP contribution < -0.4 is 5.32 Å². The predicted octanol–water partition coefficient (Wildman–Crippen LogP) is 1.27. The van der Waals surface area contributed by atoms with Gasteiger partial charge in [0.2, 0.25) is 0 Å². The van der Waals surface area contributed by atoms with Crippen LogP contribution in [0.1, 0.15) is 15.9 Å². The standard InChI is InChI=1S/C11H11F3N2O2/c12-11(13,14)8-1-2-15-5-7(8)10(17)9-6-18-4-3-16-9/h1-2,5,9,16H,3-4,6H2. The van der Waals surface area contributed by atoms with Crippen molar-refractivity contribution in [2.24, 2.45) is 0 Å². The fourth-order valence-corrected chi connectivity index (χ4v) is 1.76. The number of rotatable bonds is 2. The van der Waals surface area contributed by atoms with Crippen LogP contribution in [0.15, 0.2) is 18.5 Å². The van der Waals surface area contributed by atoms with E-state index in [0.717, 1.165) is 18.5 Å². The Kier molecular flexibility index (Phi) is 3.63. The lowest BCUT2D eigenvalue weighted by Gasteiger charge is -2.23. The number of hydrogen-bond acceptors (Lipinski definition) is 4. The van der Waals surface area contributed by atoms with Crippen molar-refractivity contribution in [3.63, 3.8) is 0 Å². The van der Waals surface area contributed by atoms with Crippen LogP contribution in [0.2, 0.25) is 0 Å². The molecule has 1 aromatic rings. The molecule has 0 amide bonds. The van der Waals surface area contributed by atoms with Crippen LogP contribution in [0, 0.1) is 0 Å². The number of hydrogen-bond donors (Lipinski definition) is 1. The molecule has 0 spiro atoms. The normalized spacial score (nSPS) is 20.7. The molecule has 7 heteroatoms. The third kappa shape index (κ3) is 2.68. The van der Waals surface area contributed by atoms with Crippen LogP contribution in [0.4, 0.5) is 13.2 Å². The van der Waals surface area contributed by atoms with Gasteiger partial charge < -0.3 is 10.1 Å². The molecule has 1 unspecified atom stereocenters. The van der Waals surface area contributed by atoms with Crippen LogP contribution in [0.5, 0.6) is 0 Å². The second-order valence-corrected chi connectivity index (χ2v) is 3.86. The summed E-state index contributed by atoms with van der Waals surface area (Å²) in [5.41, 5.74) is -1.39. The van der Waals surface area contributed by atoms with Crippen molar-refractivity contribution in [2.45, 2.75) is 12.2 Å². The maximum absolute atomic E-state index is 12.7. The Hall–Kier alpha value is -1.47. The number of morpholine rings is 1. The molecule has 2 heterocycles. The quantitative estimate of drug-likeness (QED) is 0.814. The molecule has 1 atom stereocenters. The number of carbonyl (C=O) groups excluding carboxylic acids is 1. The smallest absolute Gasteiger partial charge is 0.378 e. The molecule has 0 aliphatic carbocycles. The number of halogens is 3. The monoisotopic (exact) mass is 260 g/mol. The van der Waals surface area contributed by atoms with Crippen LogP contribution in [-0.4, -0.2) is 36.6 Å².